The molecule has 0 bridgehead atoms. The lowest BCUT2D eigenvalue weighted by Crippen LogP contribution is -2.41. The number of H-pyrrole nitrogens is 1. The van der Waals surface area contributed by atoms with Gasteiger partial charge < -0.3 is 9.88 Å². The number of fused-ring (bicyclic) bond motifs is 1. The number of aromatic amines is 1. The maximum Gasteiger partial charge on any atom is 0.231 e. The maximum atomic E-state index is 12.8. The predicted octanol–water partition coefficient (Wildman–Crippen LogP) is 1.79. The summed E-state index contributed by atoms with van der Waals surface area (Å²) in [7, 11) is 0. The molecule has 0 radical (unpaired) electrons. The zero-order valence-electron chi connectivity index (χ0n) is 15.6. The van der Waals surface area contributed by atoms with E-state index in [1.165, 1.54) is 12.7 Å². The van der Waals surface area contributed by atoms with Crippen LogP contribution in [0.1, 0.15) is 12.8 Å². The van der Waals surface area contributed by atoms with Crippen LogP contribution in [0, 0.1) is 5.92 Å². The van der Waals surface area contributed by atoms with E-state index in [2.05, 4.69) is 40.2 Å². The number of piperidine rings is 1. The number of hydrogen-bond donors (Lipinski definition) is 2. The number of aromatic nitrogens is 7. The monoisotopic (exact) mass is 389 g/mol. The Morgan fingerprint density at radius 1 is 1.17 bits per heavy atom. The van der Waals surface area contributed by atoms with Crippen LogP contribution in [0.25, 0.3) is 16.9 Å². The van der Waals surface area contributed by atoms with Gasteiger partial charge in [-0.1, -0.05) is 12.1 Å². The molecule has 4 aromatic rings. The average Bonchev–Trinajstić information content (AvgIpc) is 3.43. The van der Waals surface area contributed by atoms with Crippen molar-refractivity contribution in [1.82, 2.24) is 34.7 Å². The van der Waals surface area contributed by atoms with Crippen molar-refractivity contribution >= 4 is 28.7 Å². The quantitative estimate of drug-likeness (QED) is 0.546. The second kappa shape index (κ2) is 7.30. The number of carbonyl (C=O) groups is 1. The molecule has 0 saturated carbocycles. The predicted molar refractivity (Wildman–Crippen MR) is 107 cm³/mol. The van der Waals surface area contributed by atoms with E-state index in [-0.39, 0.29) is 11.8 Å². The van der Waals surface area contributed by atoms with E-state index in [1.807, 2.05) is 30.3 Å². The smallest absolute Gasteiger partial charge is 0.231 e. The third kappa shape index (κ3) is 3.51. The fourth-order valence-corrected chi connectivity index (χ4v) is 3.59. The van der Waals surface area contributed by atoms with Crippen LogP contribution in [-0.4, -0.2) is 53.7 Å². The van der Waals surface area contributed by atoms with Crippen molar-refractivity contribution in [2.75, 3.05) is 23.3 Å². The topological polar surface area (TPSA) is 118 Å². The SMILES string of the molecule is O=C(Nc1nc2ccccc2[nH]1)[C@@H]1CCCN(c2cc(-n3cncn3)ncn2)C1. The summed E-state index contributed by atoms with van der Waals surface area (Å²) in [5, 5.41) is 7.02. The third-order valence-electron chi connectivity index (χ3n) is 5.04. The minimum Gasteiger partial charge on any atom is -0.356 e. The number of para-hydroxylation sites is 2. The van der Waals surface area contributed by atoms with E-state index in [0.717, 1.165) is 36.2 Å². The van der Waals surface area contributed by atoms with Crippen molar-refractivity contribution in [2.45, 2.75) is 12.8 Å². The Morgan fingerprint density at radius 3 is 2.93 bits per heavy atom. The van der Waals surface area contributed by atoms with Crippen molar-refractivity contribution in [1.29, 1.82) is 0 Å². The van der Waals surface area contributed by atoms with Crippen LogP contribution in [0.4, 0.5) is 11.8 Å². The number of benzene rings is 1. The van der Waals surface area contributed by atoms with Crippen molar-refractivity contribution in [3.05, 3.63) is 49.3 Å². The normalized spacial score (nSPS) is 16.8. The Kier molecular flexibility index (Phi) is 4.35. The summed E-state index contributed by atoms with van der Waals surface area (Å²) in [4.78, 5) is 35.1. The zero-order valence-corrected chi connectivity index (χ0v) is 15.6. The maximum absolute atomic E-state index is 12.8. The highest BCUT2D eigenvalue weighted by Gasteiger charge is 2.27. The van der Waals surface area contributed by atoms with Gasteiger partial charge in [-0.3, -0.25) is 10.1 Å². The number of anilines is 2. The summed E-state index contributed by atoms with van der Waals surface area (Å²) < 4.78 is 1.58. The van der Waals surface area contributed by atoms with Crippen LogP contribution in [0.15, 0.2) is 49.3 Å². The molecule has 10 nitrogen and oxygen atoms in total. The van der Waals surface area contributed by atoms with Gasteiger partial charge in [-0.15, -0.1) is 0 Å². The molecule has 1 saturated heterocycles. The highest BCUT2D eigenvalue weighted by atomic mass is 16.2. The molecule has 4 heterocycles. The van der Waals surface area contributed by atoms with Gasteiger partial charge in [0.1, 0.15) is 24.8 Å². The molecule has 1 amide bonds. The van der Waals surface area contributed by atoms with Crippen LogP contribution in [0.5, 0.6) is 0 Å². The van der Waals surface area contributed by atoms with Gasteiger partial charge in [0.05, 0.1) is 17.0 Å². The molecular formula is C19H19N9O. The van der Waals surface area contributed by atoms with E-state index in [0.29, 0.717) is 18.3 Å². The molecule has 0 aliphatic carbocycles. The fraction of sp³-hybridized carbons (Fsp3) is 0.263. The molecule has 1 aromatic carbocycles. The first-order chi connectivity index (χ1) is 14.3. The van der Waals surface area contributed by atoms with Gasteiger partial charge in [0.25, 0.3) is 0 Å². The molecule has 0 spiro atoms. The summed E-state index contributed by atoms with van der Waals surface area (Å²) in [5.41, 5.74) is 1.73. The largest absolute Gasteiger partial charge is 0.356 e. The lowest BCUT2D eigenvalue weighted by molar-refractivity contribution is -0.120. The number of hydrogen-bond acceptors (Lipinski definition) is 7. The highest BCUT2D eigenvalue weighted by molar-refractivity contribution is 5.93. The molecule has 1 fully saturated rings. The Balaban J connectivity index is 1.30. The second-order valence-electron chi connectivity index (χ2n) is 6.95. The lowest BCUT2D eigenvalue weighted by atomic mass is 9.97. The van der Waals surface area contributed by atoms with E-state index in [1.54, 1.807) is 11.0 Å². The third-order valence-corrected chi connectivity index (χ3v) is 5.04. The van der Waals surface area contributed by atoms with E-state index >= 15 is 0 Å². The Labute approximate surface area is 166 Å². The molecule has 1 aliphatic heterocycles. The van der Waals surface area contributed by atoms with Gasteiger partial charge in [0.2, 0.25) is 11.9 Å². The van der Waals surface area contributed by atoms with E-state index in [9.17, 15) is 4.79 Å². The Bertz CT molecular complexity index is 1100. The molecule has 146 valence electrons. The first kappa shape index (κ1) is 17.3. The van der Waals surface area contributed by atoms with E-state index in [4.69, 9.17) is 0 Å². The molecule has 2 N–H and O–H groups in total. The van der Waals surface area contributed by atoms with Crippen molar-refractivity contribution in [2.24, 2.45) is 5.92 Å². The van der Waals surface area contributed by atoms with Crippen LogP contribution < -0.4 is 10.2 Å². The number of carbonyl (C=O) groups excluding carboxylic acids is 1. The summed E-state index contributed by atoms with van der Waals surface area (Å²) >= 11 is 0. The molecular weight excluding hydrogens is 370 g/mol. The highest BCUT2D eigenvalue weighted by Crippen LogP contribution is 2.23. The molecule has 1 aliphatic rings. The number of imidazole rings is 1. The Morgan fingerprint density at radius 2 is 2.07 bits per heavy atom. The Hall–Kier alpha value is -3.82. The van der Waals surface area contributed by atoms with Crippen LogP contribution in [-0.2, 0) is 4.79 Å². The first-order valence-electron chi connectivity index (χ1n) is 9.44. The van der Waals surface area contributed by atoms with Gasteiger partial charge in [-0.25, -0.2) is 24.6 Å². The number of nitrogens with zero attached hydrogens (tertiary/aromatic N) is 7. The number of rotatable bonds is 4. The van der Waals surface area contributed by atoms with Crippen molar-refractivity contribution in [3.63, 3.8) is 0 Å². The number of nitrogens with one attached hydrogen (secondary N) is 2. The van der Waals surface area contributed by atoms with Gasteiger partial charge in [-0.2, -0.15) is 5.10 Å². The minimum atomic E-state index is -0.151. The fourth-order valence-electron chi connectivity index (χ4n) is 3.59. The number of amides is 1. The molecule has 10 heteroatoms. The molecule has 29 heavy (non-hydrogen) atoms. The molecule has 5 rings (SSSR count). The van der Waals surface area contributed by atoms with Crippen molar-refractivity contribution in [3.8, 4) is 5.82 Å². The summed E-state index contributed by atoms with van der Waals surface area (Å²) in [6, 6.07) is 9.55. The van der Waals surface area contributed by atoms with E-state index < -0.39 is 0 Å². The first-order valence-corrected chi connectivity index (χ1v) is 9.44. The zero-order chi connectivity index (χ0) is 19.6. The average molecular weight is 389 g/mol. The van der Waals surface area contributed by atoms with Gasteiger partial charge in [0, 0.05) is 19.2 Å². The van der Waals surface area contributed by atoms with Gasteiger partial charge in [-0.05, 0) is 25.0 Å². The van der Waals surface area contributed by atoms with Gasteiger partial charge in [0.15, 0.2) is 5.82 Å². The van der Waals surface area contributed by atoms with Crippen LogP contribution in [0.3, 0.4) is 0 Å². The summed E-state index contributed by atoms with van der Waals surface area (Å²) in [6.45, 7) is 1.42. The molecule has 3 aromatic heterocycles. The second-order valence-corrected chi connectivity index (χ2v) is 6.95. The molecule has 1 atom stereocenters. The summed E-state index contributed by atoms with van der Waals surface area (Å²) in [6.07, 6.45) is 6.28. The molecule has 0 unspecified atom stereocenters. The van der Waals surface area contributed by atoms with Gasteiger partial charge >= 0.3 is 0 Å². The van der Waals surface area contributed by atoms with Crippen molar-refractivity contribution < 1.29 is 4.79 Å². The van der Waals surface area contributed by atoms with Crippen LogP contribution >= 0.6 is 0 Å². The van der Waals surface area contributed by atoms with Crippen LogP contribution in [0.2, 0.25) is 0 Å². The lowest BCUT2D eigenvalue weighted by Gasteiger charge is -2.32. The minimum absolute atomic E-state index is 0.0423. The standard InChI is InChI=1S/C19H19N9O/c29-18(26-19-24-14-5-1-2-6-15(14)25-19)13-4-3-7-27(9-13)16-8-17(22-11-21-16)28-12-20-10-23-28/h1-2,5-6,8,10-13H,3-4,7,9H2,(H2,24,25,26,29)/t13-/m1/s1. The summed E-state index contributed by atoms with van der Waals surface area (Å²) in [5.74, 6) is 1.69.